The number of hydrogen-bond donors (Lipinski definition) is 5. The van der Waals surface area contributed by atoms with E-state index < -0.39 is 33.4 Å². The van der Waals surface area contributed by atoms with Gasteiger partial charge in [-0.25, -0.2) is 13.1 Å². The Kier molecular flexibility index (Phi) is 11.1. The van der Waals surface area contributed by atoms with E-state index in [0.717, 1.165) is 11.3 Å². The minimum atomic E-state index is -3.83. The molecule has 0 saturated carbocycles. The van der Waals surface area contributed by atoms with Gasteiger partial charge in [0.2, 0.25) is 21.8 Å². The van der Waals surface area contributed by atoms with Crippen molar-refractivity contribution in [1.82, 2.24) is 15.4 Å². The van der Waals surface area contributed by atoms with Crippen molar-refractivity contribution in [2.75, 3.05) is 11.5 Å². The highest BCUT2D eigenvalue weighted by molar-refractivity contribution is 7.99. The summed E-state index contributed by atoms with van der Waals surface area (Å²) in [4.78, 5) is 26.3. The van der Waals surface area contributed by atoms with Gasteiger partial charge in [0.1, 0.15) is 17.9 Å². The number of sulfonamides is 1. The molecule has 0 heterocycles. The van der Waals surface area contributed by atoms with Gasteiger partial charge in [-0.3, -0.25) is 15.0 Å². The van der Waals surface area contributed by atoms with E-state index >= 15 is 0 Å². The minimum absolute atomic E-state index is 0.0391. The molecule has 0 fully saturated rings. The first-order valence-electron chi connectivity index (χ1n) is 12.0. The van der Waals surface area contributed by atoms with E-state index in [1.165, 1.54) is 11.8 Å². The Hall–Kier alpha value is -2.89. The largest absolute Gasteiger partial charge is 0.384 e. The molecular weight excluding hydrogens is 510 g/mol. The molecule has 2 rings (SSSR count). The Balaban J connectivity index is 2.11. The number of nitrogens with one attached hydrogen (secondary N) is 4. The summed E-state index contributed by atoms with van der Waals surface area (Å²) in [7, 11) is -3.83. The molecule has 0 bridgehead atoms. The number of nitrogen functional groups attached to an aromatic ring is 1. The van der Waals surface area contributed by atoms with Crippen molar-refractivity contribution >= 4 is 39.4 Å². The molecule has 0 aliphatic heterocycles. The van der Waals surface area contributed by atoms with Crippen molar-refractivity contribution in [2.45, 2.75) is 52.1 Å². The van der Waals surface area contributed by atoms with Gasteiger partial charge in [-0.1, -0.05) is 82.3 Å². The third-order valence-electron chi connectivity index (χ3n) is 5.48. The van der Waals surface area contributed by atoms with E-state index in [1.54, 1.807) is 75.4 Å². The quantitative estimate of drug-likeness (QED) is 0.192. The Bertz CT molecular complexity index is 1160. The molecule has 2 atom stereocenters. The molecule has 2 aromatic rings. The summed E-state index contributed by atoms with van der Waals surface area (Å²) in [6, 6.07) is 13.7. The predicted molar refractivity (Wildman–Crippen MR) is 150 cm³/mol. The number of rotatable bonds is 13. The van der Waals surface area contributed by atoms with Crippen LogP contribution in [-0.4, -0.2) is 49.7 Å². The van der Waals surface area contributed by atoms with Crippen molar-refractivity contribution in [1.29, 1.82) is 5.41 Å². The summed E-state index contributed by atoms with van der Waals surface area (Å²) in [5.41, 5.74) is 6.74. The summed E-state index contributed by atoms with van der Waals surface area (Å²) < 4.78 is 28.3. The SMILES string of the molecule is CCSCC(NC(=O)C(NS(=O)(=O)Cc1ccccc1)C(C)(C)C)C(=O)NCc1ccc(C(=N)N)cc1. The first-order valence-corrected chi connectivity index (χ1v) is 14.8. The molecule has 2 unspecified atom stereocenters. The lowest BCUT2D eigenvalue weighted by molar-refractivity contribution is -0.130. The molecule has 9 nitrogen and oxygen atoms in total. The average Bonchev–Trinajstić information content (AvgIpc) is 2.83. The highest BCUT2D eigenvalue weighted by Crippen LogP contribution is 2.21. The number of benzene rings is 2. The van der Waals surface area contributed by atoms with E-state index in [9.17, 15) is 18.0 Å². The standard InChI is InChI=1S/C26H37N5O4S2/c1-5-36-16-21(24(32)29-15-18-11-13-20(14-12-18)23(27)28)30-25(33)22(26(2,3)4)31-37(34,35)17-19-9-7-6-8-10-19/h6-14,21-22,31H,5,15-17H2,1-4H3,(H3,27,28)(H,29,32)(H,30,33). The zero-order chi connectivity index (χ0) is 27.6. The van der Waals surface area contributed by atoms with Crippen LogP contribution in [0.5, 0.6) is 0 Å². The van der Waals surface area contributed by atoms with E-state index in [-0.39, 0.29) is 24.0 Å². The number of thioether (sulfide) groups is 1. The van der Waals surface area contributed by atoms with E-state index in [4.69, 9.17) is 11.1 Å². The lowest BCUT2D eigenvalue weighted by Gasteiger charge is -2.31. The maximum atomic E-state index is 13.3. The van der Waals surface area contributed by atoms with Crippen LogP contribution in [0, 0.1) is 10.8 Å². The van der Waals surface area contributed by atoms with Crippen LogP contribution in [0.2, 0.25) is 0 Å². The van der Waals surface area contributed by atoms with E-state index in [0.29, 0.717) is 16.9 Å². The van der Waals surface area contributed by atoms with Crippen molar-refractivity contribution in [2.24, 2.45) is 11.1 Å². The van der Waals surface area contributed by atoms with Crippen LogP contribution < -0.4 is 21.1 Å². The van der Waals surface area contributed by atoms with E-state index in [2.05, 4.69) is 15.4 Å². The smallest absolute Gasteiger partial charge is 0.243 e. The fraction of sp³-hybridized carbons (Fsp3) is 0.423. The van der Waals surface area contributed by atoms with Crippen molar-refractivity contribution in [3.05, 3.63) is 71.3 Å². The van der Waals surface area contributed by atoms with Crippen LogP contribution in [0.3, 0.4) is 0 Å². The van der Waals surface area contributed by atoms with Gasteiger partial charge in [-0.15, -0.1) is 0 Å². The third kappa shape index (κ3) is 10.2. The van der Waals surface area contributed by atoms with Gasteiger partial charge >= 0.3 is 0 Å². The maximum absolute atomic E-state index is 13.3. The molecule has 0 spiro atoms. The Morgan fingerprint density at radius 1 is 1.00 bits per heavy atom. The van der Waals surface area contributed by atoms with Gasteiger partial charge in [-0.2, -0.15) is 11.8 Å². The number of amidine groups is 1. The molecule has 6 N–H and O–H groups in total. The monoisotopic (exact) mass is 547 g/mol. The number of hydrogen-bond acceptors (Lipinski definition) is 6. The molecule has 0 aromatic heterocycles. The van der Waals surface area contributed by atoms with Crippen LogP contribution in [0.1, 0.15) is 44.4 Å². The summed E-state index contributed by atoms with van der Waals surface area (Å²) in [6.45, 7) is 7.48. The van der Waals surface area contributed by atoms with E-state index in [1.807, 2.05) is 6.92 Å². The van der Waals surface area contributed by atoms with Crippen LogP contribution in [0.4, 0.5) is 0 Å². The topological polar surface area (TPSA) is 154 Å². The first kappa shape index (κ1) is 30.3. The predicted octanol–water partition coefficient (Wildman–Crippen LogP) is 2.36. The molecular formula is C26H37N5O4S2. The highest BCUT2D eigenvalue weighted by atomic mass is 32.2. The highest BCUT2D eigenvalue weighted by Gasteiger charge is 2.36. The molecule has 11 heteroatoms. The number of nitrogens with two attached hydrogens (primary N) is 1. The molecule has 0 radical (unpaired) electrons. The van der Waals surface area contributed by atoms with Gasteiger partial charge < -0.3 is 16.4 Å². The van der Waals surface area contributed by atoms with Gasteiger partial charge in [0.05, 0.1) is 5.75 Å². The molecule has 2 aromatic carbocycles. The fourth-order valence-electron chi connectivity index (χ4n) is 3.43. The first-order chi connectivity index (χ1) is 17.3. The normalized spacial score (nSPS) is 13.4. The van der Waals surface area contributed by atoms with Crippen LogP contribution in [-0.2, 0) is 31.9 Å². The van der Waals surface area contributed by atoms with Crippen LogP contribution >= 0.6 is 11.8 Å². The lowest BCUT2D eigenvalue weighted by Crippen LogP contribution is -2.58. The van der Waals surface area contributed by atoms with Crippen molar-refractivity contribution < 1.29 is 18.0 Å². The maximum Gasteiger partial charge on any atom is 0.243 e. The second-order valence-electron chi connectivity index (χ2n) is 9.71. The zero-order valence-electron chi connectivity index (χ0n) is 21.7. The van der Waals surface area contributed by atoms with Crippen molar-refractivity contribution in [3.8, 4) is 0 Å². The van der Waals surface area contributed by atoms with Gasteiger partial charge in [0, 0.05) is 17.9 Å². The van der Waals surface area contributed by atoms with Crippen LogP contribution in [0.25, 0.3) is 0 Å². The van der Waals surface area contributed by atoms with Gasteiger partial charge in [-0.05, 0) is 22.3 Å². The fourth-order valence-corrected chi connectivity index (χ4v) is 5.67. The summed E-state index contributed by atoms with van der Waals surface area (Å²) in [6.07, 6.45) is 0. The van der Waals surface area contributed by atoms with Gasteiger partial charge in [0.25, 0.3) is 0 Å². The molecule has 2 amide bonds. The van der Waals surface area contributed by atoms with Gasteiger partial charge in [0.15, 0.2) is 0 Å². The lowest BCUT2D eigenvalue weighted by atomic mass is 9.87. The second kappa shape index (κ2) is 13.6. The summed E-state index contributed by atoms with van der Waals surface area (Å²) >= 11 is 1.50. The summed E-state index contributed by atoms with van der Waals surface area (Å²) in [5, 5.41) is 13.1. The Morgan fingerprint density at radius 3 is 2.16 bits per heavy atom. The molecule has 0 saturated heterocycles. The summed E-state index contributed by atoms with van der Waals surface area (Å²) in [5.74, 6) is -0.144. The Morgan fingerprint density at radius 2 is 1.62 bits per heavy atom. The van der Waals surface area contributed by atoms with Crippen LogP contribution in [0.15, 0.2) is 54.6 Å². The Labute approximate surface area is 223 Å². The molecule has 202 valence electrons. The number of amides is 2. The molecule has 0 aliphatic carbocycles. The third-order valence-corrected chi connectivity index (χ3v) is 7.76. The second-order valence-corrected chi connectivity index (χ2v) is 12.8. The molecule has 37 heavy (non-hydrogen) atoms. The zero-order valence-corrected chi connectivity index (χ0v) is 23.3. The minimum Gasteiger partial charge on any atom is -0.384 e. The molecule has 0 aliphatic rings. The number of carbonyl (C=O) groups is 2. The average molecular weight is 548 g/mol. The number of carbonyl (C=O) groups excluding carboxylic acids is 2. The van der Waals surface area contributed by atoms with Crippen molar-refractivity contribution in [3.63, 3.8) is 0 Å².